The highest BCUT2D eigenvalue weighted by Crippen LogP contribution is 2.15. The van der Waals surface area contributed by atoms with Crippen LogP contribution in [0.5, 0.6) is 5.75 Å². The number of sulfonamides is 1. The molecule has 0 atom stereocenters. The number of halogens is 1. The van der Waals surface area contributed by atoms with Crippen LogP contribution in [-0.2, 0) is 10.0 Å². The molecule has 0 unspecified atom stereocenters. The minimum Gasteiger partial charge on any atom is -0.494 e. The fraction of sp³-hybridized carbons (Fsp3) is 0.278. The molecule has 0 saturated heterocycles. The summed E-state index contributed by atoms with van der Waals surface area (Å²) in [7, 11) is -4.10. The van der Waals surface area contributed by atoms with Crippen LogP contribution in [0.4, 0.5) is 4.39 Å². The molecule has 0 aliphatic carbocycles. The summed E-state index contributed by atoms with van der Waals surface area (Å²) >= 11 is 0. The molecule has 0 amide bonds. The van der Waals surface area contributed by atoms with Crippen molar-refractivity contribution >= 4 is 15.8 Å². The molecular weight excluding hydrogens is 345 g/mol. The van der Waals surface area contributed by atoms with Crippen molar-refractivity contribution < 1.29 is 22.3 Å². The van der Waals surface area contributed by atoms with Gasteiger partial charge in [-0.3, -0.25) is 4.79 Å². The van der Waals surface area contributed by atoms with E-state index in [4.69, 9.17) is 4.74 Å². The van der Waals surface area contributed by atoms with E-state index in [1.54, 1.807) is 24.3 Å². The molecule has 1 N–H and O–H groups in total. The highest BCUT2D eigenvalue weighted by atomic mass is 32.2. The zero-order valence-corrected chi connectivity index (χ0v) is 14.7. The van der Waals surface area contributed by atoms with Crippen molar-refractivity contribution in [1.82, 2.24) is 4.72 Å². The van der Waals surface area contributed by atoms with Gasteiger partial charge in [-0.2, -0.15) is 0 Å². The minimum atomic E-state index is -4.10. The van der Waals surface area contributed by atoms with Crippen LogP contribution in [0.25, 0.3) is 0 Å². The number of carbonyl (C=O) groups excluding carboxylic acids is 1. The molecule has 0 radical (unpaired) electrons. The fourth-order valence-corrected chi connectivity index (χ4v) is 3.16. The second-order valence-electron chi connectivity index (χ2n) is 5.41. The normalized spacial score (nSPS) is 11.3. The standard InChI is InChI=1S/C18H20FNO4S/c1-2-3-11-24-15-8-6-7-14(12-15)17(21)13-20-25(22,23)18-10-5-4-9-16(18)19/h4-10,12,20H,2-3,11,13H2,1H3. The van der Waals surface area contributed by atoms with Crippen LogP contribution in [0.1, 0.15) is 30.1 Å². The Bertz CT molecular complexity index is 836. The average Bonchev–Trinajstić information content (AvgIpc) is 2.60. The molecule has 5 nitrogen and oxygen atoms in total. The van der Waals surface area contributed by atoms with Crippen molar-refractivity contribution in [2.24, 2.45) is 0 Å². The van der Waals surface area contributed by atoms with E-state index < -0.39 is 33.1 Å². The molecule has 0 aromatic heterocycles. The zero-order valence-electron chi connectivity index (χ0n) is 13.9. The van der Waals surface area contributed by atoms with Gasteiger partial charge >= 0.3 is 0 Å². The van der Waals surface area contributed by atoms with Gasteiger partial charge < -0.3 is 4.74 Å². The van der Waals surface area contributed by atoms with E-state index in [9.17, 15) is 17.6 Å². The lowest BCUT2D eigenvalue weighted by Gasteiger charge is -2.09. The number of benzene rings is 2. The largest absolute Gasteiger partial charge is 0.494 e. The number of carbonyl (C=O) groups is 1. The van der Waals surface area contributed by atoms with E-state index >= 15 is 0 Å². The highest BCUT2D eigenvalue weighted by molar-refractivity contribution is 7.89. The van der Waals surface area contributed by atoms with Gasteiger partial charge in [0, 0.05) is 5.56 Å². The smallest absolute Gasteiger partial charge is 0.243 e. The van der Waals surface area contributed by atoms with Crippen LogP contribution < -0.4 is 9.46 Å². The maximum atomic E-state index is 13.6. The number of hydrogen-bond donors (Lipinski definition) is 1. The first-order valence-corrected chi connectivity index (χ1v) is 9.42. The van der Waals surface area contributed by atoms with Gasteiger partial charge in [0.25, 0.3) is 0 Å². The quantitative estimate of drug-likeness (QED) is 0.547. The Labute approximate surface area is 146 Å². The molecule has 7 heteroatoms. The predicted octanol–water partition coefficient (Wildman–Crippen LogP) is 3.17. The van der Waals surface area contributed by atoms with Crippen LogP contribution in [0.15, 0.2) is 53.4 Å². The van der Waals surface area contributed by atoms with Crippen LogP contribution in [-0.4, -0.2) is 27.4 Å². The molecule has 2 aromatic rings. The number of rotatable bonds is 9. The monoisotopic (exact) mass is 365 g/mol. The molecular formula is C18H20FNO4S. The Morgan fingerprint density at radius 1 is 1.16 bits per heavy atom. The molecule has 0 aliphatic rings. The summed E-state index contributed by atoms with van der Waals surface area (Å²) in [6, 6.07) is 11.5. The van der Waals surface area contributed by atoms with E-state index in [0.29, 0.717) is 17.9 Å². The number of ketones is 1. The van der Waals surface area contributed by atoms with Gasteiger partial charge in [-0.15, -0.1) is 0 Å². The second kappa shape index (κ2) is 8.73. The highest BCUT2D eigenvalue weighted by Gasteiger charge is 2.19. The third kappa shape index (κ3) is 5.37. The van der Waals surface area contributed by atoms with Gasteiger partial charge in [0.15, 0.2) is 5.78 Å². The lowest BCUT2D eigenvalue weighted by molar-refractivity contribution is 0.0996. The molecule has 134 valence electrons. The van der Waals surface area contributed by atoms with E-state index in [1.807, 2.05) is 6.92 Å². The first kappa shape index (κ1) is 19.1. The zero-order chi connectivity index (χ0) is 18.3. The Morgan fingerprint density at radius 2 is 1.92 bits per heavy atom. The number of ether oxygens (including phenoxy) is 1. The van der Waals surface area contributed by atoms with Gasteiger partial charge in [-0.05, 0) is 30.7 Å². The van der Waals surface area contributed by atoms with E-state index in [0.717, 1.165) is 25.0 Å². The molecule has 0 fully saturated rings. The third-order valence-corrected chi connectivity index (χ3v) is 4.91. The minimum absolute atomic E-state index is 0.324. The summed E-state index contributed by atoms with van der Waals surface area (Å²) in [6.07, 6.45) is 1.90. The van der Waals surface area contributed by atoms with Crippen LogP contribution >= 0.6 is 0 Å². The fourth-order valence-electron chi connectivity index (χ4n) is 2.10. The van der Waals surface area contributed by atoms with Crippen molar-refractivity contribution in [3.05, 3.63) is 59.9 Å². The second-order valence-corrected chi connectivity index (χ2v) is 7.14. The SMILES string of the molecule is CCCCOc1cccc(C(=O)CNS(=O)(=O)c2ccccc2F)c1. The summed E-state index contributed by atoms with van der Waals surface area (Å²) in [5.41, 5.74) is 0.324. The number of nitrogens with one attached hydrogen (secondary N) is 1. The maximum Gasteiger partial charge on any atom is 0.243 e. The summed E-state index contributed by atoms with van der Waals surface area (Å²) in [5.74, 6) is -0.745. The first-order valence-electron chi connectivity index (χ1n) is 7.94. The molecule has 2 aromatic carbocycles. The van der Waals surface area contributed by atoms with Gasteiger partial charge in [-0.1, -0.05) is 37.6 Å². The maximum absolute atomic E-state index is 13.6. The van der Waals surface area contributed by atoms with Gasteiger partial charge in [0.2, 0.25) is 10.0 Å². The van der Waals surface area contributed by atoms with Crippen LogP contribution in [0.3, 0.4) is 0 Å². The lowest BCUT2D eigenvalue weighted by Crippen LogP contribution is -2.30. The van der Waals surface area contributed by atoms with Gasteiger partial charge in [-0.25, -0.2) is 17.5 Å². The summed E-state index contributed by atoms with van der Waals surface area (Å²) < 4.78 is 45.5. The summed E-state index contributed by atoms with van der Waals surface area (Å²) in [5, 5.41) is 0. The van der Waals surface area contributed by atoms with Crippen molar-refractivity contribution in [2.75, 3.05) is 13.2 Å². The van der Waals surface area contributed by atoms with E-state index in [2.05, 4.69) is 4.72 Å². The molecule has 0 aliphatic heterocycles. The molecule has 2 rings (SSSR count). The number of unbranched alkanes of at least 4 members (excludes halogenated alkanes) is 1. The number of hydrogen-bond acceptors (Lipinski definition) is 4. The van der Waals surface area contributed by atoms with Crippen molar-refractivity contribution in [3.63, 3.8) is 0 Å². The number of Topliss-reactive ketones (excluding diaryl/α,β-unsaturated/α-hetero) is 1. The van der Waals surface area contributed by atoms with E-state index in [-0.39, 0.29) is 0 Å². The van der Waals surface area contributed by atoms with Crippen molar-refractivity contribution in [3.8, 4) is 5.75 Å². The van der Waals surface area contributed by atoms with Crippen molar-refractivity contribution in [2.45, 2.75) is 24.7 Å². The molecule has 0 spiro atoms. The van der Waals surface area contributed by atoms with Gasteiger partial charge in [0.1, 0.15) is 16.5 Å². The lowest BCUT2D eigenvalue weighted by atomic mass is 10.1. The summed E-state index contributed by atoms with van der Waals surface area (Å²) in [4.78, 5) is 11.7. The van der Waals surface area contributed by atoms with Crippen LogP contribution in [0.2, 0.25) is 0 Å². The summed E-state index contributed by atoms with van der Waals surface area (Å²) in [6.45, 7) is 2.13. The Balaban J connectivity index is 2.03. The van der Waals surface area contributed by atoms with E-state index in [1.165, 1.54) is 12.1 Å². The third-order valence-electron chi connectivity index (χ3n) is 3.47. The topological polar surface area (TPSA) is 72.5 Å². The molecule has 0 heterocycles. The Kier molecular flexibility index (Phi) is 6.66. The Hall–Kier alpha value is -2.25. The first-order chi connectivity index (χ1) is 11.9. The molecule has 25 heavy (non-hydrogen) atoms. The average molecular weight is 365 g/mol. The predicted molar refractivity (Wildman–Crippen MR) is 92.8 cm³/mol. The van der Waals surface area contributed by atoms with Crippen LogP contribution in [0, 0.1) is 5.82 Å². The van der Waals surface area contributed by atoms with Crippen molar-refractivity contribution in [1.29, 1.82) is 0 Å². The van der Waals surface area contributed by atoms with Gasteiger partial charge in [0.05, 0.1) is 13.2 Å². The Morgan fingerprint density at radius 3 is 2.64 bits per heavy atom. The molecule has 0 bridgehead atoms. The molecule has 0 saturated carbocycles.